The Kier molecular flexibility index (Phi) is 4.36. The summed E-state index contributed by atoms with van der Waals surface area (Å²) in [5.74, 6) is 1.01. The third kappa shape index (κ3) is 2.90. The molecule has 1 aliphatic rings. The maximum absolute atomic E-state index is 5.52. The molecule has 7 heteroatoms. The van der Waals surface area contributed by atoms with E-state index >= 15 is 0 Å². The summed E-state index contributed by atoms with van der Waals surface area (Å²) in [6.45, 7) is 1.92. The molecule has 2 rings (SSSR count). The summed E-state index contributed by atoms with van der Waals surface area (Å²) in [7, 11) is 3.26. The van der Waals surface area contributed by atoms with Crippen LogP contribution in [0.25, 0.3) is 0 Å². The van der Waals surface area contributed by atoms with Crippen molar-refractivity contribution in [2.24, 2.45) is 0 Å². The molecule has 1 aromatic heterocycles. The zero-order valence-corrected chi connectivity index (χ0v) is 12.0. The number of nitrogens with zero attached hydrogens (tertiary/aromatic N) is 2. The maximum Gasteiger partial charge on any atom is 0.232 e. The highest BCUT2D eigenvalue weighted by atomic mass is 79.9. The number of hydrogen-bond acceptors (Lipinski definition) is 6. The number of methoxy groups -OCH3 is 2. The fraction of sp³-hybridized carbons (Fsp3) is 0.636. The normalized spacial score (nSPS) is 23.1. The van der Waals surface area contributed by atoms with E-state index in [2.05, 4.69) is 31.2 Å². The lowest BCUT2D eigenvalue weighted by molar-refractivity contribution is -0.00631. The lowest BCUT2D eigenvalue weighted by Crippen LogP contribution is -2.39. The maximum atomic E-state index is 5.52. The number of anilines is 1. The Balaban J connectivity index is 2.01. The summed E-state index contributed by atoms with van der Waals surface area (Å²) in [4.78, 5) is 8.40. The first-order valence-corrected chi connectivity index (χ1v) is 6.42. The molecule has 100 valence electrons. The topological polar surface area (TPSA) is 65.5 Å². The van der Waals surface area contributed by atoms with Crippen molar-refractivity contribution in [2.45, 2.75) is 12.0 Å². The van der Waals surface area contributed by atoms with E-state index in [-0.39, 0.29) is 5.60 Å². The van der Waals surface area contributed by atoms with E-state index in [4.69, 9.17) is 14.2 Å². The van der Waals surface area contributed by atoms with E-state index in [1.807, 2.05) is 0 Å². The predicted octanol–water partition coefficient (Wildman–Crippen LogP) is 1.47. The highest BCUT2D eigenvalue weighted by Gasteiger charge is 2.34. The Morgan fingerprint density at radius 1 is 1.56 bits per heavy atom. The predicted molar refractivity (Wildman–Crippen MR) is 69.9 cm³/mol. The van der Waals surface area contributed by atoms with Crippen LogP contribution in [-0.4, -0.2) is 49.5 Å². The van der Waals surface area contributed by atoms with Crippen molar-refractivity contribution < 1.29 is 14.2 Å². The van der Waals surface area contributed by atoms with Gasteiger partial charge in [0.2, 0.25) is 11.8 Å². The molecule has 0 bridgehead atoms. The van der Waals surface area contributed by atoms with Crippen molar-refractivity contribution in [3.05, 3.63) is 10.7 Å². The molecular weight excluding hydrogens is 302 g/mol. The van der Waals surface area contributed by atoms with E-state index in [9.17, 15) is 0 Å². The number of halogens is 1. The van der Waals surface area contributed by atoms with Gasteiger partial charge in [0, 0.05) is 26.7 Å². The van der Waals surface area contributed by atoms with Crippen molar-refractivity contribution in [3.8, 4) is 5.88 Å². The summed E-state index contributed by atoms with van der Waals surface area (Å²) in [5.41, 5.74) is -0.288. The average molecular weight is 318 g/mol. The van der Waals surface area contributed by atoms with Gasteiger partial charge in [-0.25, -0.2) is 4.98 Å². The Bertz CT molecular complexity index is 411. The van der Waals surface area contributed by atoms with Crippen LogP contribution in [0.15, 0.2) is 10.7 Å². The molecule has 1 N–H and O–H groups in total. The zero-order valence-electron chi connectivity index (χ0n) is 10.4. The van der Waals surface area contributed by atoms with Gasteiger partial charge in [-0.2, -0.15) is 4.98 Å². The van der Waals surface area contributed by atoms with Gasteiger partial charge in [0.15, 0.2) is 0 Å². The summed E-state index contributed by atoms with van der Waals surface area (Å²) < 4.78 is 16.7. The second-order valence-corrected chi connectivity index (χ2v) is 4.95. The zero-order chi connectivity index (χ0) is 13.0. The van der Waals surface area contributed by atoms with Crippen LogP contribution in [0, 0.1) is 0 Å². The molecule has 0 amide bonds. The third-order valence-corrected chi connectivity index (χ3v) is 3.52. The first-order valence-electron chi connectivity index (χ1n) is 5.62. The summed E-state index contributed by atoms with van der Waals surface area (Å²) in [5, 5.41) is 3.15. The van der Waals surface area contributed by atoms with Gasteiger partial charge in [-0.1, -0.05) is 0 Å². The van der Waals surface area contributed by atoms with Gasteiger partial charge in [0.05, 0.1) is 24.4 Å². The van der Waals surface area contributed by atoms with E-state index in [0.717, 1.165) is 17.5 Å². The van der Waals surface area contributed by atoms with Gasteiger partial charge in [0.1, 0.15) is 5.60 Å². The first-order chi connectivity index (χ1) is 8.69. The molecule has 1 atom stereocenters. The molecule has 0 spiro atoms. The summed E-state index contributed by atoms with van der Waals surface area (Å²) >= 11 is 3.31. The quantitative estimate of drug-likeness (QED) is 0.887. The molecular formula is C11H16BrN3O3. The van der Waals surface area contributed by atoms with E-state index in [1.165, 1.54) is 0 Å². The minimum atomic E-state index is -0.288. The molecule has 1 saturated heterocycles. The number of ether oxygens (including phenoxy) is 3. The average Bonchev–Trinajstić information content (AvgIpc) is 2.87. The minimum absolute atomic E-state index is 0.288. The van der Waals surface area contributed by atoms with Gasteiger partial charge in [-0.3, -0.25) is 0 Å². The SMILES string of the molecule is COc1nc(NCC2(OC)CCOC2)ncc1Br. The van der Waals surface area contributed by atoms with Crippen LogP contribution in [-0.2, 0) is 9.47 Å². The number of aromatic nitrogens is 2. The van der Waals surface area contributed by atoms with Crippen LogP contribution in [0.3, 0.4) is 0 Å². The summed E-state index contributed by atoms with van der Waals surface area (Å²) in [6.07, 6.45) is 2.52. The lowest BCUT2D eigenvalue weighted by atomic mass is 10.0. The van der Waals surface area contributed by atoms with E-state index in [1.54, 1.807) is 20.4 Å². The highest BCUT2D eigenvalue weighted by molar-refractivity contribution is 9.10. The van der Waals surface area contributed by atoms with Crippen LogP contribution in [0.5, 0.6) is 5.88 Å². The second-order valence-electron chi connectivity index (χ2n) is 4.09. The molecule has 18 heavy (non-hydrogen) atoms. The van der Waals surface area contributed by atoms with Gasteiger partial charge in [-0.05, 0) is 15.9 Å². The Labute approximate surface area is 114 Å². The second kappa shape index (κ2) is 5.81. The fourth-order valence-electron chi connectivity index (χ4n) is 1.78. The monoisotopic (exact) mass is 317 g/mol. The number of hydrogen-bond donors (Lipinski definition) is 1. The number of nitrogens with one attached hydrogen (secondary N) is 1. The summed E-state index contributed by atoms with van der Waals surface area (Å²) in [6, 6.07) is 0. The molecule has 0 aliphatic carbocycles. The Morgan fingerprint density at radius 2 is 2.39 bits per heavy atom. The van der Waals surface area contributed by atoms with Crippen molar-refractivity contribution in [3.63, 3.8) is 0 Å². The van der Waals surface area contributed by atoms with Crippen molar-refractivity contribution in [1.82, 2.24) is 9.97 Å². The van der Waals surface area contributed by atoms with E-state index < -0.39 is 0 Å². The standard InChI is InChI=1S/C11H16BrN3O3/c1-16-9-8(12)5-13-10(15-9)14-6-11(17-2)3-4-18-7-11/h5H,3-4,6-7H2,1-2H3,(H,13,14,15). The van der Waals surface area contributed by atoms with E-state index in [0.29, 0.717) is 25.0 Å². The smallest absolute Gasteiger partial charge is 0.232 e. The van der Waals surface area contributed by atoms with Crippen LogP contribution in [0.4, 0.5) is 5.95 Å². The van der Waals surface area contributed by atoms with Gasteiger partial charge in [-0.15, -0.1) is 0 Å². The van der Waals surface area contributed by atoms with Crippen molar-refractivity contribution in [2.75, 3.05) is 39.3 Å². The fourth-order valence-corrected chi connectivity index (χ4v) is 2.13. The van der Waals surface area contributed by atoms with Crippen molar-refractivity contribution >= 4 is 21.9 Å². The molecule has 1 unspecified atom stereocenters. The van der Waals surface area contributed by atoms with Gasteiger partial charge < -0.3 is 19.5 Å². The van der Waals surface area contributed by atoms with Crippen molar-refractivity contribution in [1.29, 1.82) is 0 Å². The molecule has 0 radical (unpaired) electrons. The van der Waals surface area contributed by atoms with Crippen LogP contribution >= 0.6 is 15.9 Å². The van der Waals surface area contributed by atoms with Gasteiger partial charge >= 0.3 is 0 Å². The first kappa shape index (κ1) is 13.5. The molecule has 0 saturated carbocycles. The van der Waals surface area contributed by atoms with Crippen LogP contribution in [0.2, 0.25) is 0 Å². The molecule has 2 heterocycles. The van der Waals surface area contributed by atoms with Crippen LogP contribution < -0.4 is 10.1 Å². The number of rotatable bonds is 5. The molecule has 0 aromatic carbocycles. The molecule has 1 fully saturated rings. The lowest BCUT2D eigenvalue weighted by Gasteiger charge is -2.25. The molecule has 6 nitrogen and oxygen atoms in total. The third-order valence-electron chi connectivity index (χ3n) is 2.97. The highest BCUT2D eigenvalue weighted by Crippen LogP contribution is 2.24. The molecule has 1 aliphatic heterocycles. The van der Waals surface area contributed by atoms with Crippen LogP contribution in [0.1, 0.15) is 6.42 Å². The Morgan fingerprint density at radius 3 is 3.00 bits per heavy atom. The largest absolute Gasteiger partial charge is 0.480 e. The minimum Gasteiger partial charge on any atom is -0.480 e. The Hall–Kier alpha value is -0.920. The van der Waals surface area contributed by atoms with Gasteiger partial charge in [0.25, 0.3) is 0 Å². The molecule has 1 aromatic rings.